The second-order valence-corrected chi connectivity index (χ2v) is 12.8. The van der Waals surface area contributed by atoms with E-state index in [0.717, 1.165) is 29.5 Å². The number of carbonyl (C=O) groups is 3. The number of amides is 3. The number of hydrogen-bond acceptors (Lipinski definition) is 9. The van der Waals surface area contributed by atoms with Crippen LogP contribution in [0.5, 0.6) is 0 Å². The molecule has 0 aliphatic heterocycles. The summed E-state index contributed by atoms with van der Waals surface area (Å²) in [5, 5.41) is 16.8. The van der Waals surface area contributed by atoms with Gasteiger partial charge in [0.15, 0.2) is 0 Å². The molecule has 5 N–H and O–H groups in total. The van der Waals surface area contributed by atoms with Gasteiger partial charge >= 0.3 is 6.09 Å². The average Bonchev–Trinajstić information content (AvgIpc) is 3.60. The van der Waals surface area contributed by atoms with Gasteiger partial charge in [-0.3, -0.25) is 14.4 Å². The second-order valence-electron chi connectivity index (χ2n) is 12.8. The summed E-state index contributed by atoms with van der Waals surface area (Å²) >= 11 is 0. The lowest BCUT2D eigenvalue weighted by molar-refractivity contribution is -0.130. The van der Waals surface area contributed by atoms with Crippen LogP contribution in [-0.4, -0.2) is 61.7 Å². The third-order valence-corrected chi connectivity index (χ3v) is 8.14. The summed E-state index contributed by atoms with van der Waals surface area (Å²) in [5.41, 5.74) is 9.40. The topological polar surface area (TPSA) is 189 Å². The van der Waals surface area contributed by atoms with E-state index in [1.807, 2.05) is 45.0 Å². The van der Waals surface area contributed by atoms with Gasteiger partial charge in [0, 0.05) is 30.3 Å². The number of aromatic nitrogens is 5. The molecule has 3 amide bonds. The molecule has 13 nitrogen and oxygen atoms in total. The SMILES string of the molecule is CC(C)(C)OC(=O)NCC1CCC(C(=O)N(C(=O)[C@@H](N)Cc2ccc(-c3ccc(=O)[nH]c3)cc2)c2ccc(-c3nn[nH]n3)cc2)CC1. The van der Waals surface area contributed by atoms with Gasteiger partial charge < -0.3 is 20.8 Å². The number of carbonyl (C=O) groups excluding carboxylic acids is 3. The maximum Gasteiger partial charge on any atom is 0.407 e. The quantitative estimate of drug-likeness (QED) is 0.210. The molecule has 2 aromatic heterocycles. The highest BCUT2D eigenvalue weighted by Crippen LogP contribution is 2.32. The van der Waals surface area contributed by atoms with Gasteiger partial charge in [0.05, 0.1) is 11.7 Å². The minimum absolute atomic E-state index is 0.179. The number of hydrogen-bond donors (Lipinski definition) is 4. The Labute approximate surface area is 272 Å². The molecular formula is C34H40N8O5. The second kappa shape index (κ2) is 14.5. The highest BCUT2D eigenvalue weighted by atomic mass is 16.6. The lowest BCUT2D eigenvalue weighted by atomic mass is 9.81. The van der Waals surface area contributed by atoms with E-state index < -0.39 is 23.6 Å². The Morgan fingerprint density at radius 1 is 0.957 bits per heavy atom. The number of nitrogens with zero attached hydrogens (tertiary/aromatic N) is 4. The van der Waals surface area contributed by atoms with E-state index in [1.54, 1.807) is 36.5 Å². The maximum atomic E-state index is 14.1. The van der Waals surface area contributed by atoms with Crippen molar-refractivity contribution in [3.05, 3.63) is 82.8 Å². The van der Waals surface area contributed by atoms with E-state index in [2.05, 4.69) is 30.9 Å². The predicted molar refractivity (Wildman–Crippen MR) is 176 cm³/mol. The number of nitrogens with one attached hydrogen (secondary N) is 3. The smallest absolute Gasteiger partial charge is 0.407 e. The first-order chi connectivity index (χ1) is 22.5. The fourth-order valence-electron chi connectivity index (χ4n) is 5.68. The van der Waals surface area contributed by atoms with E-state index in [9.17, 15) is 19.2 Å². The number of rotatable bonds is 9. The predicted octanol–water partition coefficient (Wildman–Crippen LogP) is 3.98. The highest BCUT2D eigenvalue weighted by molar-refractivity contribution is 6.17. The zero-order valence-corrected chi connectivity index (χ0v) is 26.7. The van der Waals surface area contributed by atoms with Crippen molar-refractivity contribution in [2.24, 2.45) is 17.6 Å². The molecule has 2 aromatic carbocycles. The first-order valence-corrected chi connectivity index (χ1v) is 15.7. The van der Waals surface area contributed by atoms with E-state index in [0.29, 0.717) is 36.5 Å². The summed E-state index contributed by atoms with van der Waals surface area (Å²) in [7, 11) is 0. The van der Waals surface area contributed by atoms with Crippen molar-refractivity contribution in [2.45, 2.75) is 64.5 Å². The van der Waals surface area contributed by atoms with Crippen LogP contribution < -0.4 is 21.5 Å². The van der Waals surface area contributed by atoms with Gasteiger partial charge in [0.1, 0.15) is 5.60 Å². The number of nitrogens with two attached hydrogens (primary N) is 1. The summed E-state index contributed by atoms with van der Waals surface area (Å²) in [6.07, 6.45) is 4.00. The van der Waals surface area contributed by atoms with E-state index >= 15 is 0 Å². The molecule has 0 bridgehead atoms. The number of ether oxygens (including phenoxy) is 1. The van der Waals surface area contributed by atoms with Gasteiger partial charge in [-0.25, -0.2) is 9.69 Å². The first kappa shape index (κ1) is 33.2. The molecule has 1 aliphatic rings. The van der Waals surface area contributed by atoms with Crippen molar-refractivity contribution in [2.75, 3.05) is 11.4 Å². The molecule has 1 fully saturated rings. The van der Waals surface area contributed by atoms with Crippen LogP contribution in [-0.2, 0) is 20.7 Å². The molecule has 4 aromatic rings. The fraction of sp³-hybridized carbons (Fsp3) is 0.382. The molecule has 0 spiro atoms. The van der Waals surface area contributed by atoms with Crippen LogP contribution in [0.4, 0.5) is 10.5 Å². The summed E-state index contributed by atoms with van der Waals surface area (Å²) in [6.45, 7) is 5.90. The lowest BCUT2D eigenvalue weighted by Gasteiger charge is -2.32. The summed E-state index contributed by atoms with van der Waals surface area (Å²) in [4.78, 5) is 55.4. The molecule has 5 rings (SSSR count). The molecule has 0 saturated heterocycles. The number of anilines is 1. The molecule has 47 heavy (non-hydrogen) atoms. The van der Waals surface area contributed by atoms with Crippen molar-refractivity contribution in [1.29, 1.82) is 0 Å². The van der Waals surface area contributed by atoms with Crippen molar-refractivity contribution >= 4 is 23.6 Å². The molecule has 0 radical (unpaired) electrons. The lowest BCUT2D eigenvalue weighted by Crippen LogP contribution is -2.50. The number of alkyl carbamates (subject to hydrolysis) is 1. The van der Waals surface area contributed by atoms with Crippen molar-refractivity contribution in [3.8, 4) is 22.5 Å². The number of benzene rings is 2. The summed E-state index contributed by atoms with van der Waals surface area (Å²) in [5.74, 6) is -0.588. The number of imide groups is 1. The molecule has 0 unspecified atom stereocenters. The Balaban J connectivity index is 1.28. The fourth-order valence-corrected chi connectivity index (χ4v) is 5.68. The molecule has 1 saturated carbocycles. The number of aromatic amines is 2. The highest BCUT2D eigenvalue weighted by Gasteiger charge is 2.35. The first-order valence-electron chi connectivity index (χ1n) is 15.7. The Morgan fingerprint density at radius 2 is 1.62 bits per heavy atom. The van der Waals surface area contributed by atoms with Crippen LogP contribution in [0.1, 0.15) is 52.0 Å². The Bertz CT molecular complexity index is 1700. The zero-order chi connectivity index (χ0) is 33.6. The van der Waals surface area contributed by atoms with Gasteiger partial charge in [0.25, 0.3) is 5.91 Å². The van der Waals surface area contributed by atoms with Gasteiger partial charge in [-0.15, -0.1) is 10.2 Å². The van der Waals surface area contributed by atoms with Gasteiger partial charge in [-0.1, -0.05) is 24.3 Å². The Hall–Kier alpha value is -5.17. The van der Waals surface area contributed by atoms with Crippen LogP contribution in [0.25, 0.3) is 22.5 Å². The Morgan fingerprint density at radius 3 is 2.21 bits per heavy atom. The standard InChI is InChI=1S/C34H40N8O5/c1-34(2,3)47-33(46)37-19-22-6-10-25(11-7-22)31(44)42(27-15-12-24(13-16-27)30-38-40-41-39-30)32(45)28(35)18-21-4-8-23(9-5-21)26-14-17-29(43)36-20-26/h4-5,8-9,12-17,20,22,25,28H,6-7,10-11,18-19,35H2,1-3H3,(H,36,43)(H,37,46)(H,38,39,40,41)/t22?,25?,28-/m0/s1. The normalized spacial score (nSPS) is 17.0. The van der Waals surface area contributed by atoms with Crippen LogP contribution >= 0.6 is 0 Å². The number of tetrazole rings is 1. The molecule has 246 valence electrons. The van der Waals surface area contributed by atoms with Gasteiger partial charge in [-0.05, 0) is 111 Å². The van der Waals surface area contributed by atoms with Crippen LogP contribution in [0, 0.1) is 11.8 Å². The van der Waals surface area contributed by atoms with Crippen molar-refractivity contribution in [3.63, 3.8) is 0 Å². The minimum Gasteiger partial charge on any atom is -0.444 e. The van der Waals surface area contributed by atoms with E-state index in [-0.39, 0.29) is 29.7 Å². The van der Waals surface area contributed by atoms with Crippen molar-refractivity contribution in [1.82, 2.24) is 30.9 Å². The van der Waals surface area contributed by atoms with E-state index in [1.165, 1.54) is 11.0 Å². The molecule has 2 heterocycles. The van der Waals surface area contributed by atoms with Gasteiger partial charge in [-0.2, -0.15) is 5.21 Å². The third-order valence-electron chi connectivity index (χ3n) is 8.14. The van der Waals surface area contributed by atoms with Crippen LogP contribution in [0.2, 0.25) is 0 Å². The minimum atomic E-state index is -0.982. The molecular weight excluding hydrogens is 600 g/mol. The van der Waals surface area contributed by atoms with Crippen LogP contribution in [0.15, 0.2) is 71.7 Å². The summed E-state index contributed by atoms with van der Waals surface area (Å²) in [6, 6.07) is 16.6. The molecule has 1 atom stereocenters. The molecule has 13 heteroatoms. The zero-order valence-electron chi connectivity index (χ0n) is 26.7. The van der Waals surface area contributed by atoms with Crippen molar-refractivity contribution < 1.29 is 19.1 Å². The average molecular weight is 641 g/mol. The van der Waals surface area contributed by atoms with E-state index in [4.69, 9.17) is 10.5 Å². The Kier molecular flexibility index (Phi) is 10.2. The maximum absolute atomic E-state index is 14.1. The monoisotopic (exact) mass is 640 g/mol. The van der Waals surface area contributed by atoms with Gasteiger partial charge in [0.2, 0.25) is 17.3 Å². The largest absolute Gasteiger partial charge is 0.444 e. The number of pyridine rings is 1. The van der Waals surface area contributed by atoms with Crippen LogP contribution in [0.3, 0.4) is 0 Å². The third kappa shape index (κ3) is 8.76. The number of H-pyrrole nitrogens is 2. The summed E-state index contributed by atoms with van der Waals surface area (Å²) < 4.78 is 5.34. The molecule has 1 aliphatic carbocycles.